The average molecular weight is 436 g/mol. The second kappa shape index (κ2) is 8.62. The molecule has 0 aromatic carbocycles. The number of hydrogen-bond donors (Lipinski definition) is 0. The fourth-order valence-corrected chi connectivity index (χ4v) is 3.01. The van der Waals surface area contributed by atoms with Crippen LogP contribution in [-0.2, 0) is 8.37 Å². The maximum Gasteiger partial charge on any atom is 0.456 e. The van der Waals surface area contributed by atoms with Crippen LogP contribution in [-0.4, -0.2) is 41.7 Å². The van der Waals surface area contributed by atoms with E-state index in [1.807, 2.05) is 24.1 Å². The summed E-state index contributed by atoms with van der Waals surface area (Å²) in [5, 5.41) is 0. The topological polar surface area (TPSA) is 43.8 Å². The van der Waals surface area contributed by atoms with E-state index in [-0.39, 0.29) is 5.75 Å². The van der Waals surface area contributed by atoms with Gasteiger partial charge >= 0.3 is 12.1 Å². The fourth-order valence-electron chi connectivity index (χ4n) is 2.65. The standard InChI is InChI=1S/C18H17F5N2O3S/c1-2-27-29-28-15-7-9-25-8-3-4-14(25)16(15)13-6-5-12(10-24-13)26-11-17(19,20)18(21,22)23/h4-7,9-10H,2-3,8,11H2,1H3. The lowest BCUT2D eigenvalue weighted by Crippen LogP contribution is -2.41. The van der Waals surface area contributed by atoms with Gasteiger partial charge in [0.05, 0.1) is 24.1 Å². The Kier molecular flexibility index (Phi) is 6.37. The smallest absolute Gasteiger partial charge is 0.456 e. The molecule has 0 N–H and O–H groups in total. The van der Waals surface area contributed by atoms with Crippen LogP contribution in [0.4, 0.5) is 22.0 Å². The summed E-state index contributed by atoms with van der Waals surface area (Å²) in [6, 6.07) is 2.76. The number of alkyl halides is 5. The first-order valence-electron chi connectivity index (χ1n) is 8.62. The van der Waals surface area contributed by atoms with E-state index in [9.17, 15) is 22.0 Å². The van der Waals surface area contributed by atoms with Gasteiger partial charge in [0.1, 0.15) is 5.75 Å². The van der Waals surface area contributed by atoms with Gasteiger partial charge in [0, 0.05) is 18.4 Å². The zero-order chi connectivity index (χ0) is 21.1. The predicted molar refractivity (Wildman–Crippen MR) is 96.5 cm³/mol. The molecule has 3 heterocycles. The Labute approximate surface area is 168 Å². The highest BCUT2D eigenvalue weighted by atomic mass is 32.2. The molecule has 5 nitrogen and oxygen atoms in total. The lowest BCUT2D eigenvalue weighted by Gasteiger charge is -2.25. The molecule has 0 unspecified atom stereocenters. The summed E-state index contributed by atoms with van der Waals surface area (Å²) in [5.41, 5.74) is 1.98. The van der Waals surface area contributed by atoms with Crippen molar-refractivity contribution in [3.63, 3.8) is 0 Å². The molecule has 2 aliphatic heterocycles. The van der Waals surface area contributed by atoms with E-state index < -0.39 is 18.7 Å². The number of ether oxygens (including phenoxy) is 1. The maximum atomic E-state index is 13.0. The molecule has 0 saturated heterocycles. The van der Waals surface area contributed by atoms with Gasteiger partial charge in [-0.05, 0) is 31.6 Å². The Hall–Kier alpha value is -2.27. The summed E-state index contributed by atoms with van der Waals surface area (Å²) in [7, 11) is 0. The Balaban J connectivity index is 1.79. The van der Waals surface area contributed by atoms with Crippen molar-refractivity contribution in [2.24, 2.45) is 0 Å². The third-order valence-electron chi connectivity index (χ3n) is 4.04. The number of hydrogen-bond acceptors (Lipinski definition) is 6. The van der Waals surface area contributed by atoms with Gasteiger partial charge in [-0.3, -0.25) is 9.17 Å². The Morgan fingerprint density at radius 1 is 1.21 bits per heavy atom. The predicted octanol–water partition coefficient (Wildman–Crippen LogP) is 5.10. The average Bonchev–Trinajstić information content (AvgIpc) is 3.15. The summed E-state index contributed by atoms with van der Waals surface area (Å²) in [4.78, 5) is 6.17. The lowest BCUT2D eigenvalue weighted by atomic mass is 10.0. The maximum absolute atomic E-state index is 13.0. The van der Waals surface area contributed by atoms with Crippen LogP contribution in [0.15, 0.2) is 48.1 Å². The van der Waals surface area contributed by atoms with Crippen molar-refractivity contribution in [1.82, 2.24) is 9.88 Å². The highest BCUT2D eigenvalue weighted by molar-refractivity contribution is 7.90. The highest BCUT2D eigenvalue weighted by Crippen LogP contribution is 2.38. The summed E-state index contributed by atoms with van der Waals surface area (Å²) in [5.74, 6) is -4.67. The summed E-state index contributed by atoms with van der Waals surface area (Å²) >= 11 is 0.811. The van der Waals surface area contributed by atoms with E-state index in [4.69, 9.17) is 8.37 Å². The zero-order valence-electron chi connectivity index (χ0n) is 15.2. The molecule has 0 saturated carbocycles. The summed E-state index contributed by atoms with van der Waals surface area (Å²) in [6.45, 7) is 1.22. The zero-order valence-corrected chi connectivity index (χ0v) is 16.0. The minimum Gasteiger partial charge on any atom is -0.485 e. The third kappa shape index (κ3) is 4.84. The second-order valence-electron chi connectivity index (χ2n) is 6.05. The number of pyridine rings is 1. The largest absolute Gasteiger partial charge is 0.485 e. The molecule has 0 radical (unpaired) electrons. The third-order valence-corrected chi connectivity index (χ3v) is 4.62. The summed E-state index contributed by atoms with van der Waals surface area (Å²) < 4.78 is 78.0. The molecule has 1 aromatic heterocycles. The van der Waals surface area contributed by atoms with Crippen molar-refractivity contribution in [3.05, 3.63) is 53.8 Å². The van der Waals surface area contributed by atoms with E-state index in [1.165, 1.54) is 12.1 Å². The number of fused-ring (bicyclic) bond motifs is 1. The molecule has 158 valence electrons. The van der Waals surface area contributed by atoms with Crippen molar-refractivity contribution in [2.45, 2.75) is 25.4 Å². The van der Waals surface area contributed by atoms with E-state index in [2.05, 4.69) is 9.72 Å². The molecule has 0 fully saturated rings. The monoisotopic (exact) mass is 436 g/mol. The number of aromatic nitrogens is 1. The van der Waals surface area contributed by atoms with Gasteiger partial charge in [-0.1, -0.05) is 6.08 Å². The molecular weight excluding hydrogens is 419 g/mol. The van der Waals surface area contributed by atoms with E-state index in [0.717, 1.165) is 37.2 Å². The first-order valence-corrected chi connectivity index (χ1v) is 9.29. The van der Waals surface area contributed by atoms with E-state index >= 15 is 0 Å². The van der Waals surface area contributed by atoms with Gasteiger partial charge in [0.15, 0.2) is 12.4 Å². The molecule has 0 amide bonds. The molecule has 11 heteroatoms. The molecule has 0 spiro atoms. The fraction of sp³-hybridized carbons (Fsp3) is 0.389. The molecule has 2 aliphatic rings. The van der Waals surface area contributed by atoms with Crippen LogP contribution in [0, 0.1) is 0 Å². The van der Waals surface area contributed by atoms with Crippen LogP contribution in [0.5, 0.6) is 5.75 Å². The van der Waals surface area contributed by atoms with Gasteiger partial charge in [-0.15, -0.1) is 0 Å². The minimum absolute atomic E-state index is 0.201. The van der Waals surface area contributed by atoms with Crippen molar-refractivity contribution >= 4 is 17.9 Å². The Morgan fingerprint density at radius 2 is 2.00 bits per heavy atom. The number of halogens is 5. The Bertz CT molecular complexity index is 822. The van der Waals surface area contributed by atoms with Crippen molar-refractivity contribution in [1.29, 1.82) is 0 Å². The number of rotatable bonds is 8. The van der Waals surface area contributed by atoms with Gasteiger partial charge < -0.3 is 13.8 Å². The van der Waals surface area contributed by atoms with E-state index in [1.54, 1.807) is 6.08 Å². The van der Waals surface area contributed by atoms with Crippen LogP contribution in [0.1, 0.15) is 19.0 Å². The van der Waals surface area contributed by atoms with Gasteiger partial charge in [-0.25, -0.2) is 0 Å². The van der Waals surface area contributed by atoms with Gasteiger partial charge in [0.2, 0.25) is 12.3 Å². The van der Waals surface area contributed by atoms with Crippen molar-refractivity contribution in [2.75, 3.05) is 19.8 Å². The molecule has 29 heavy (non-hydrogen) atoms. The van der Waals surface area contributed by atoms with Crippen molar-refractivity contribution in [3.8, 4) is 5.75 Å². The first-order chi connectivity index (χ1) is 13.7. The van der Waals surface area contributed by atoms with E-state index in [0.29, 0.717) is 23.6 Å². The van der Waals surface area contributed by atoms with Crippen LogP contribution >= 0.6 is 12.3 Å². The minimum atomic E-state index is -5.68. The summed E-state index contributed by atoms with van der Waals surface area (Å²) in [6.07, 6.45) is 1.86. The molecule has 1 aromatic rings. The van der Waals surface area contributed by atoms with Crippen LogP contribution in [0.25, 0.3) is 5.57 Å². The van der Waals surface area contributed by atoms with Crippen LogP contribution in [0.2, 0.25) is 0 Å². The van der Waals surface area contributed by atoms with Gasteiger partial charge in [0.25, 0.3) is 0 Å². The highest BCUT2D eigenvalue weighted by Gasteiger charge is 2.58. The second-order valence-corrected chi connectivity index (χ2v) is 6.59. The van der Waals surface area contributed by atoms with Crippen LogP contribution in [0.3, 0.4) is 0 Å². The molecule has 0 atom stereocenters. The molecule has 0 aliphatic carbocycles. The first kappa shape index (κ1) is 21.4. The quantitative estimate of drug-likeness (QED) is 0.321. The molecular formula is C18H17F5N2O3S. The Morgan fingerprint density at radius 3 is 2.66 bits per heavy atom. The van der Waals surface area contributed by atoms with Gasteiger partial charge in [-0.2, -0.15) is 22.0 Å². The SMILES string of the molecule is CCOSOC1=C(c2ccc(OCC(F)(F)C(F)(F)F)cn2)C2=CCCN2C=C1. The number of allylic oxidation sites excluding steroid dienone is 2. The lowest BCUT2D eigenvalue weighted by molar-refractivity contribution is -0.290. The molecule has 0 bridgehead atoms. The van der Waals surface area contributed by atoms with Crippen molar-refractivity contribution < 1.29 is 35.1 Å². The van der Waals surface area contributed by atoms with Crippen LogP contribution < -0.4 is 4.74 Å². The molecule has 3 rings (SSSR count). The number of nitrogens with zero attached hydrogens (tertiary/aromatic N) is 2. The normalized spacial score (nSPS) is 16.8.